The summed E-state index contributed by atoms with van der Waals surface area (Å²) in [6, 6.07) is 0. The minimum atomic E-state index is -0.767. The van der Waals surface area contributed by atoms with Gasteiger partial charge in [0.25, 0.3) is 0 Å². The number of nitrogens with zero attached hydrogens (tertiary/aromatic N) is 3. The number of aryl methyl sites for hydroxylation is 1. The third-order valence-corrected chi connectivity index (χ3v) is 1.60. The molecule has 0 fully saturated rings. The Morgan fingerprint density at radius 3 is 2.69 bits per heavy atom. The van der Waals surface area contributed by atoms with E-state index in [1.54, 1.807) is 6.92 Å². The van der Waals surface area contributed by atoms with Crippen molar-refractivity contribution in [3.8, 4) is 0 Å². The Bertz CT molecular complexity index is 418. The molecule has 0 aliphatic heterocycles. The van der Waals surface area contributed by atoms with Crippen LogP contribution < -0.4 is 11.1 Å². The Morgan fingerprint density at radius 1 is 1.46 bits per heavy atom. The molecule has 0 radical (unpaired) electrons. The van der Waals surface area contributed by atoms with Gasteiger partial charge in [0.15, 0.2) is 0 Å². The number of aromatic nitrogens is 3. The van der Waals surface area contributed by atoms with Crippen LogP contribution in [-0.4, -0.2) is 20.6 Å². The van der Waals surface area contributed by atoms with Gasteiger partial charge in [-0.2, -0.15) is 5.10 Å². The summed E-state index contributed by atoms with van der Waals surface area (Å²) in [6.45, 7) is 1.94. The standard InChI is InChI=1S/C7H9N3O3/c1-2-9-5-8-10(3-4-11)7(13)6(9)12/h4-5H,2-3H2,1H3. The normalized spacial score (nSPS) is 9.92. The third-order valence-electron chi connectivity index (χ3n) is 1.60. The Hall–Kier alpha value is -1.72. The number of carbonyl (C=O) groups excluding carboxylic acids is 1. The van der Waals surface area contributed by atoms with Crippen LogP contribution in [0.4, 0.5) is 0 Å². The highest BCUT2D eigenvalue weighted by atomic mass is 16.2. The van der Waals surface area contributed by atoms with Gasteiger partial charge in [-0.05, 0) is 6.92 Å². The Labute approximate surface area is 73.4 Å². The van der Waals surface area contributed by atoms with Gasteiger partial charge in [-0.3, -0.25) is 14.2 Å². The van der Waals surface area contributed by atoms with Crippen LogP contribution >= 0.6 is 0 Å². The van der Waals surface area contributed by atoms with Crippen LogP contribution in [0.15, 0.2) is 15.9 Å². The summed E-state index contributed by atoms with van der Waals surface area (Å²) in [5, 5.41) is 3.64. The fourth-order valence-corrected chi connectivity index (χ4v) is 0.889. The minimum Gasteiger partial charge on any atom is -0.301 e. The van der Waals surface area contributed by atoms with Gasteiger partial charge in [0.1, 0.15) is 19.2 Å². The number of rotatable bonds is 3. The van der Waals surface area contributed by atoms with Gasteiger partial charge in [-0.1, -0.05) is 0 Å². The lowest BCUT2D eigenvalue weighted by molar-refractivity contribution is -0.108. The lowest BCUT2D eigenvalue weighted by atomic mass is 10.6. The van der Waals surface area contributed by atoms with Crippen molar-refractivity contribution in [2.45, 2.75) is 20.0 Å². The monoisotopic (exact) mass is 183 g/mol. The molecule has 0 bridgehead atoms. The number of aldehydes is 1. The van der Waals surface area contributed by atoms with Crippen molar-refractivity contribution in [1.82, 2.24) is 14.3 Å². The maximum absolute atomic E-state index is 11.2. The summed E-state index contributed by atoms with van der Waals surface area (Å²) in [5.74, 6) is 0. The maximum Gasteiger partial charge on any atom is 0.333 e. The van der Waals surface area contributed by atoms with E-state index in [0.717, 1.165) is 4.68 Å². The second-order valence-corrected chi connectivity index (χ2v) is 2.38. The van der Waals surface area contributed by atoms with E-state index in [1.165, 1.54) is 10.9 Å². The molecule has 6 heteroatoms. The van der Waals surface area contributed by atoms with E-state index in [0.29, 0.717) is 12.8 Å². The zero-order chi connectivity index (χ0) is 9.84. The first-order chi connectivity index (χ1) is 6.20. The van der Waals surface area contributed by atoms with E-state index in [9.17, 15) is 14.4 Å². The van der Waals surface area contributed by atoms with Crippen molar-refractivity contribution in [1.29, 1.82) is 0 Å². The van der Waals surface area contributed by atoms with E-state index in [1.807, 2.05) is 0 Å². The molecule has 0 saturated carbocycles. The fraction of sp³-hybridized carbons (Fsp3) is 0.429. The van der Waals surface area contributed by atoms with Crippen LogP contribution in [0, 0.1) is 0 Å². The van der Waals surface area contributed by atoms with Gasteiger partial charge >= 0.3 is 11.1 Å². The highest BCUT2D eigenvalue weighted by Gasteiger charge is 2.03. The van der Waals surface area contributed by atoms with Crippen LogP contribution in [-0.2, 0) is 17.9 Å². The molecule has 0 spiro atoms. The van der Waals surface area contributed by atoms with Crippen molar-refractivity contribution in [2.24, 2.45) is 0 Å². The highest BCUT2D eigenvalue weighted by Crippen LogP contribution is 1.73. The number of carbonyl (C=O) groups is 1. The van der Waals surface area contributed by atoms with Crippen LogP contribution in [0.3, 0.4) is 0 Å². The van der Waals surface area contributed by atoms with Crippen molar-refractivity contribution in [2.75, 3.05) is 0 Å². The molecule has 0 aliphatic rings. The Morgan fingerprint density at radius 2 is 2.15 bits per heavy atom. The summed E-state index contributed by atoms with van der Waals surface area (Å²) in [7, 11) is 0. The van der Waals surface area contributed by atoms with Gasteiger partial charge in [-0.15, -0.1) is 0 Å². The third kappa shape index (κ3) is 1.71. The lowest BCUT2D eigenvalue weighted by Gasteiger charge is -2.01. The van der Waals surface area contributed by atoms with Crippen molar-refractivity contribution in [3.63, 3.8) is 0 Å². The molecule has 6 nitrogen and oxygen atoms in total. The number of hydrogen-bond donors (Lipinski definition) is 0. The fourth-order valence-electron chi connectivity index (χ4n) is 0.889. The summed E-state index contributed by atoms with van der Waals surface area (Å²) in [4.78, 5) is 32.4. The second-order valence-electron chi connectivity index (χ2n) is 2.38. The molecule has 70 valence electrons. The predicted molar refractivity (Wildman–Crippen MR) is 44.5 cm³/mol. The van der Waals surface area contributed by atoms with Gasteiger partial charge in [-0.25, -0.2) is 4.68 Å². The summed E-state index contributed by atoms with van der Waals surface area (Å²) < 4.78 is 2.02. The first kappa shape index (κ1) is 9.37. The molecule has 13 heavy (non-hydrogen) atoms. The van der Waals surface area contributed by atoms with Crippen LogP contribution in [0.1, 0.15) is 6.92 Å². The quantitative estimate of drug-likeness (QED) is 0.427. The molecule has 1 aromatic heterocycles. The first-order valence-electron chi connectivity index (χ1n) is 3.81. The van der Waals surface area contributed by atoms with E-state index >= 15 is 0 Å². The molecule has 0 aliphatic carbocycles. The summed E-state index contributed by atoms with van der Waals surface area (Å²) >= 11 is 0. The first-order valence-corrected chi connectivity index (χ1v) is 3.81. The zero-order valence-electron chi connectivity index (χ0n) is 7.14. The van der Waals surface area contributed by atoms with Crippen LogP contribution in [0.5, 0.6) is 0 Å². The highest BCUT2D eigenvalue weighted by molar-refractivity contribution is 5.48. The van der Waals surface area contributed by atoms with E-state index in [-0.39, 0.29) is 6.54 Å². The predicted octanol–water partition coefficient (Wildman–Crippen LogP) is -1.38. The van der Waals surface area contributed by atoms with E-state index < -0.39 is 11.1 Å². The molecule has 0 unspecified atom stereocenters. The Balaban J connectivity index is 3.32. The van der Waals surface area contributed by atoms with Crippen LogP contribution in [0.25, 0.3) is 0 Å². The van der Waals surface area contributed by atoms with Gasteiger partial charge in [0.05, 0.1) is 0 Å². The largest absolute Gasteiger partial charge is 0.333 e. The van der Waals surface area contributed by atoms with E-state index in [2.05, 4.69) is 5.10 Å². The van der Waals surface area contributed by atoms with Crippen molar-refractivity contribution in [3.05, 3.63) is 27.0 Å². The SMILES string of the molecule is CCn1cnn(CC=O)c(=O)c1=O. The molecule has 1 rings (SSSR count). The summed E-state index contributed by atoms with van der Waals surface area (Å²) in [6.07, 6.45) is 1.76. The van der Waals surface area contributed by atoms with E-state index in [4.69, 9.17) is 0 Å². The maximum atomic E-state index is 11.2. The number of hydrogen-bond acceptors (Lipinski definition) is 4. The van der Waals surface area contributed by atoms with Gasteiger partial charge < -0.3 is 4.79 Å². The molecule has 0 atom stereocenters. The summed E-state index contributed by atoms with van der Waals surface area (Å²) in [5.41, 5.74) is -1.42. The van der Waals surface area contributed by atoms with Crippen molar-refractivity contribution < 1.29 is 4.79 Å². The molecule has 1 aromatic rings. The molecule has 1 heterocycles. The second kappa shape index (κ2) is 3.79. The molecule has 0 amide bonds. The molecule has 0 N–H and O–H groups in total. The average Bonchev–Trinajstić information content (AvgIpc) is 2.14. The Kier molecular flexibility index (Phi) is 2.73. The van der Waals surface area contributed by atoms with Gasteiger partial charge in [0.2, 0.25) is 0 Å². The molecule has 0 aromatic carbocycles. The topological polar surface area (TPSA) is 74.0 Å². The molecule has 0 saturated heterocycles. The lowest BCUT2D eigenvalue weighted by Crippen LogP contribution is -2.42. The minimum absolute atomic E-state index is 0.182. The molecular formula is C7H9N3O3. The van der Waals surface area contributed by atoms with Crippen LogP contribution in [0.2, 0.25) is 0 Å². The molecular weight excluding hydrogens is 174 g/mol. The zero-order valence-corrected chi connectivity index (χ0v) is 7.14. The average molecular weight is 183 g/mol. The van der Waals surface area contributed by atoms with Crippen molar-refractivity contribution >= 4 is 6.29 Å². The smallest absolute Gasteiger partial charge is 0.301 e. The van der Waals surface area contributed by atoms with Gasteiger partial charge in [0, 0.05) is 6.54 Å².